The van der Waals surface area contributed by atoms with Gasteiger partial charge in [0.2, 0.25) is 0 Å². The Morgan fingerprint density at radius 3 is 3.13 bits per heavy atom. The zero-order valence-electron chi connectivity index (χ0n) is 9.03. The van der Waals surface area contributed by atoms with Gasteiger partial charge >= 0.3 is 0 Å². The van der Waals surface area contributed by atoms with Crippen molar-refractivity contribution in [2.75, 3.05) is 20.9 Å². The van der Waals surface area contributed by atoms with Crippen LogP contribution in [-0.4, -0.2) is 35.8 Å². The van der Waals surface area contributed by atoms with Gasteiger partial charge in [-0.25, -0.2) is 4.98 Å². The first-order chi connectivity index (χ1) is 7.29. The average molecular weight is 205 g/mol. The summed E-state index contributed by atoms with van der Waals surface area (Å²) in [6.07, 6.45) is 1.72. The summed E-state index contributed by atoms with van der Waals surface area (Å²) >= 11 is 0. The van der Waals surface area contributed by atoms with Gasteiger partial charge in [0, 0.05) is 13.7 Å². The second-order valence-corrected chi connectivity index (χ2v) is 3.69. The van der Waals surface area contributed by atoms with E-state index in [1.54, 1.807) is 13.4 Å². The molecule has 1 N–H and O–H groups in total. The fourth-order valence-electron chi connectivity index (χ4n) is 1.66. The van der Waals surface area contributed by atoms with Gasteiger partial charge in [0.1, 0.15) is 0 Å². The molecule has 0 aliphatic carbocycles. The number of hydrogen-bond donors (Lipinski definition) is 1. The first kappa shape index (κ1) is 10.1. The lowest BCUT2D eigenvalue weighted by molar-refractivity contribution is 0.0772. The molecule has 0 bridgehead atoms. The molecule has 2 rings (SSSR count). The molecule has 2 aromatic rings. The zero-order chi connectivity index (χ0) is 10.7. The second-order valence-electron chi connectivity index (χ2n) is 3.69. The van der Waals surface area contributed by atoms with Crippen LogP contribution in [0.5, 0.6) is 0 Å². The highest BCUT2D eigenvalue weighted by molar-refractivity contribution is 5.74. The predicted molar refractivity (Wildman–Crippen MR) is 59.4 cm³/mol. The lowest BCUT2D eigenvalue weighted by atomic mass is 10.2. The number of benzene rings is 1. The molecule has 0 unspecified atom stereocenters. The fraction of sp³-hybridized carbons (Fsp3) is 0.364. The van der Waals surface area contributed by atoms with Gasteiger partial charge in [-0.05, 0) is 24.7 Å². The Kier molecular flexibility index (Phi) is 2.99. The molecule has 0 saturated carbocycles. The molecule has 1 heterocycles. The summed E-state index contributed by atoms with van der Waals surface area (Å²) in [7, 11) is 3.73. The Hall–Kier alpha value is -1.39. The highest BCUT2D eigenvalue weighted by atomic mass is 16.5. The van der Waals surface area contributed by atoms with E-state index in [-0.39, 0.29) is 0 Å². The number of imidazole rings is 1. The maximum atomic E-state index is 5.05. The summed E-state index contributed by atoms with van der Waals surface area (Å²) in [5.74, 6) is 0. The van der Waals surface area contributed by atoms with Crippen molar-refractivity contribution in [3.8, 4) is 0 Å². The molecule has 1 aromatic heterocycles. The van der Waals surface area contributed by atoms with Gasteiger partial charge in [-0.2, -0.15) is 0 Å². The van der Waals surface area contributed by atoms with Crippen LogP contribution in [0.3, 0.4) is 0 Å². The predicted octanol–water partition coefficient (Wildman–Crippen LogP) is 1.60. The third-order valence-corrected chi connectivity index (χ3v) is 2.29. The van der Waals surface area contributed by atoms with Crippen LogP contribution in [0.1, 0.15) is 5.56 Å². The highest BCUT2D eigenvalue weighted by Crippen LogP contribution is 2.12. The molecule has 0 spiro atoms. The van der Waals surface area contributed by atoms with Crippen molar-refractivity contribution in [2.45, 2.75) is 6.54 Å². The SMILES string of the molecule is COCN(C)Cc1ccc2nc[nH]c2c1. The summed E-state index contributed by atoms with van der Waals surface area (Å²) in [5.41, 5.74) is 3.35. The number of aromatic nitrogens is 2. The number of aromatic amines is 1. The van der Waals surface area contributed by atoms with Crippen LogP contribution in [0.4, 0.5) is 0 Å². The van der Waals surface area contributed by atoms with Crippen LogP contribution in [0.15, 0.2) is 24.5 Å². The van der Waals surface area contributed by atoms with Gasteiger partial charge in [0.25, 0.3) is 0 Å². The van der Waals surface area contributed by atoms with Crippen LogP contribution in [-0.2, 0) is 11.3 Å². The number of rotatable bonds is 4. The molecule has 15 heavy (non-hydrogen) atoms. The summed E-state index contributed by atoms with van der Waals surface area (Å²) in [6.45, 7) is 1.52. The van der Waals surface area contributed by atoms with Crippen LogP contribution in [0.2, 0.25) is 0 Å². The van der Waals surface area contributed by atoms with E-state index in [9.17, 15) is 0 Å². The molecule has 4 nitrogen and oxygen atoms in total. The van der Waals surface area contributed by atoms with Gasteiger partial charge in [-0.15, -0.1) is 0 Å². The number of H-pyrrole nitrogens is 1. The molecular weight excluding hydrogens is 190 g/mol. The van der Waals surface area contributed by atoms with Gasteiger partial charge < -0.3 is 9.72 Å². The first-order valence-corrected chi connectivity index (χ1v) is 4.89. The molecule has 4 heteroatoms. The van der Waals surface area contributed by atoms with E-state index in [0.29, 0.717) is 6.73 Å². The average Bonchev–Trinajstić information content (AvgIpc) is 2.65. The molecule has 0 saturated heterocycles. The summed E-state index contributed by atoms with van der Waals surface area (Å²) in [4.78, 5) is 9.39. The third kappa shape index (κ3) is 2.34. The highest BCUT2D eigenvalue weighted by Gasteiger charge is 2.01. The number of methoxy groups -OCH3 is 1. The molecule has 0 aliphatic rings. The van der Waals surface area contributed by atoms with Crippen LogP contribution in [0.25, 0.3) is 11.0 Å². The molecule has 0 amide bonds. The lowest BCUT2D eigenvalue weighted by Crippen LogP contribution is -2.20. The minimum absolute atomic E-state index is 0.640. The van der Waals surface area contributed by atoms with E-state index in [4.69, 9.17) is 4.74 Å². The number of nitrogens with one attached hydrogen (secondary N) is 1. The van der Waals surface area contributed by atoms with Crippen molar-refractivity contribution in [3.63, 3.8) is 0 Å². The Morgan fingerprint density at radius 1 is 1.47 bits per heavy atom. The molecule has 0 radical (unpaired) electrons. The largest absolute Gasteiger partial charge is 0.369 e. The van der Waals surface area contributed by atoms with Gasteiger partial charge in [-0.1, -0.05) is 6.07 Å². The topological polar surface area (TPSA) is 41.1 Å². The van der Waals surface area contributed by atoms with Gasteiger partial charge in [0.15, 0.2) is 0 Å². The summed E-state index contributed by atoms with van der Waals surface area (Å²) in [6, 6.07) is 6.24. The monoisotopic (exact) mass is 205 g/mol. The minimum Gasteiger partial charge on any atom is -0.369 e. The number of fused-ring (bicyclic) bond motifs is 1. The molecular formula is C11H15N3O. The van der Waals surface area contributed by atoms with E-state index < -0.39 is 0 Å². The van der Waals surface area contributed by atoms with Gasteiger partial charge in [0.05, 0.1) is 24.1 Å². The van der Waals surface area contributed by atoms with E-state index in [2.05, 4.69) is 27.0 Å². The minimum atomic E-state index is 0.640. The summed E-state index contributed by atoms with van der Waals surface area (Å²) < 4.78 is 5.05. The number of hydrogen-bond acceptors (Lipinski definition) is 3. The Morgan fingerprint density at radius 2 is 2.33 bits per heavy atom. The Balaban J connectivity index is 2.14. The van der Waals surface area contributed by atoms with Crippen LogP contribution in [0, 0.1) is 0 Å². The van der Waals surface area contributed by atoms with E-state index in [1.165, 1.54) is 5.56 Å². The lowest BCUT2D eigenvalue weighted by Gasteiger charge is -2.14. The quantitative estimate of drug-likeness (QED) is 0.771. The third-order valence-electron chi connectivity index (χ3n) is 2.29. The number of nitrogens with zero attached hydrogens (tertiary/aromatic N) is 2. The second kappa shape index (κ2) is 4.42. The van der Waals surface area contributed by atoms with Crippen molar-refractivity contribution < 1.29 is 4.74 Å². The Bertz CT molecular complexity index is 438. The molecule has 0 atom stereocenters. The van der Waals surface area contributed by atoms with Crippen molar-refractivity contribution in [1.29, 1.82) is 0 Å². The molecule has 0 fully saturated rings. The summed E-state index contributed by atoms with van der Waals surface area (Å²) in [5, 5.41) is 0. The van der Waals surface area contributed by atoms with Crippen molar-refractivity contribution in [3.05, 3.63) is 30.1 Å². The number of ether oxygens (including phenoxy) is 1. The van der Waals surface area contributed by atoms with Gasteiger partial charge in [-0.3, -0.25) is 4.90 Å². The molecule has 1 aromatic carbocycles. The maximum absolute atomic E-state index is 5.05. The molecule has 80 valence electrons. The van der Waals surface area contributed by atoms with E-state index in [0.717, 1.165) is 17.6 Å². The normalized spacial score (nSPS) is 11.4. The van der Waals surface area contributed by atoms with Crippen molar-refractivity contribution >= 4 is 11.0 Å². The van der Waals surface area contributed by atoms with Crippen LogP contribution < -0.4 is 0 Å². The van der Waals surface area contributed by atoms with Crippen LogP contribution >= 0.6 is 0 Å². The Labute approximate surface area is 88.9 Å². The smallest absolute Gasteiger partial charge is 0.0986 e. The maximum Gasteiger partial charge on any atom is 0.0986 e. The first-order valence-electron chi connectivity index (χ1n) is 4.89. The fourth-order valence-corrected chi connectivity index (χ4v) is 1.66. The van der Waals surface area contributed by atoms with E-state index in [1.807, 2.05) is 13.1 Å². The zero-order valence-corrected chi connectivity index (χ0v) is 9.03. The molecule has 0 aliphatic heterocycles. The van der Waals surface area contributed by atoms with E-state index >= 15 is 0 Å². The van der Waals surface area contributed by atoms with Crippen molar-refractivity contribution in [2.24, 2.45) is 0 Å². The van der Waals surface area contributed by atoms with Crippen molar-refractivity contribution in [1.82, 2.24) is 14.9 Å². The standard InChI is InChI=1S/C11H15N3O/c1-14(8-15-2)6-9-3-4-10-11(5-9)13-7-12-10/h3-5,7H,6,8H2,1-2H3,(H,12,13).